The highest BCUT2D eigenvalue weighted by molar-refractivity contribution is 5.17. The molecule has 0 aromatic heterocycles. The third-order valence-corrected chi connectivity index (χ3v) is 4.40. The van der Waals surface area contributed by atoms with E-state index in [4.69, 9.17) is 0 Å². The molecule has 98 valence electrons. The van der Waals surface area contributed by atoms with Crippen molar-refractivity contribution in [3.8, 4) is 0 Å². The normalized spacial score (nSPS) is 29.4. The van der Waals surface area contributed by atoms with Gasteiger partial charge in [-0.3, -0.25) is 9.80 Å². The van der Waals surface area contributed by atoms with Crippen LogP contribution in [0.25, 0.3) is 0 Å². The van der Waals surface area contributed by atoms with Gasteiger partial charge in [0.15, 0.2) is 0 Å². The number of halogens is 1. The van der Waals surface area contributed by atoms with E-state index in [0.717, 1.165) is 25.2 Å². The van der Waals surface area contributed by atoms with Gasteiger partial charge in [-0.15, -0.1) is 0 Å². The van der Waals surface area contributed by atoms with Crippen molar-refractivity contribution in [3.05, 3.63) is 35.6 Å². The fourth-order valence-electron chi connectivity index (χ4n) is 3.31. The van der Waals surface area contributed by atoms with Gasteiger partial charge in [-0.05, 0) is 32.4 Å². The van der Waals surface area contributed by atoms with Crippen molar-refractivity contribution in [1.82, 2.24) is 9.80 Å². The first-order valence-electron chi connectivity index (χ1n) is 6.95. The Morgan fingerprint density at radius 3 is 2.94 bits per heavy atom. The summed E-state index contributed by atoms with van der Waals surface area (Å²) in [5.41, 5.74) is 0.829. The highest BCUT2D eigenvalue weighted by Crippen LogP contribution is 2.26. The smallest absolute Gasteiger partial charge is 0.127 e. The van der Waals surface area contributed by atoms with Crippen LogP contribution in [0.5, 0.6) is 0 Å². The summed E-state index contributed by atoms with van der Waals surface area (Å²) >= 11 is 0. The van der Waals surface area contributed by atoms with Crippen molar-refractivity contribution < 1.29 is 4.39 Å². The van der Waals surface area contributed by atoms with Gasteiger partial charge in [-0.2, -0.15) is 0 Å². The molecule has 0 spiro atoms. The molecule has 0 radical (unpaired) electrons. The summed E-state index contributed by atoms with van der Waals surface area (Å²) in [4.78, 5) is 5.04. The van der Waals surface area contributed by atoms with Crippen LogP contribution in [-0.4, -0.2) is 41.5 Å². The van der Waals surface area contributed by atoms with E-state index < -0.39 is 0 Å². The van der Waals surface area contributed by atoms with Crippen molar-refractivity contribution in [2.24, 2.45) is 0 Å². The Bertz CT molecular complexity index is 421. The fraction of sp³-hybridized carbons (Fsp3) is 0.600. The molecule has 3 rings (SSSR count). The van der Waals surface area contributed by atoms with Crippen molar-refractivity contribution in [3.63, 3.8) is 0 Å². The average Bonchev–Trinajstić information content (AvgIpc) is 2.79. The molecule has 2 aliphatic heterocycles. The Balaban J connectivity index is 1.71. The van der Waals surface area contributed by atoms with E-state index in [1.54, 1.807) is 12.1 Å². The highest BCUT2D eigenvalue weighted by atomic mass is 19.1. The zero-order valence-electron chi connectivity index (χ0n) is 11.0. The molecule has 1 aromatic carbocycles. The molecule has 0 aliphatic carbocycles. The van der Waals surface area contributed by atoms with Gasteiger partial charge in [-0.1, -0.05) is 18.2 Å². The lowest BCUT2D eigenvalue weighted by atomic mass is 10.1. The van der Waals surface area contributed by atoms with Crippen molar-refractivity contribution >= 4 is 0 Å². The van der Waals surface area contributed by atoms with Crippen LogP contribution >= 0.6 is 0 Å². The van der Waals surface area contributed by atoms with E-state index in [2.05, 4.69) is 16.7 Å². The van der Waals surface area contributed by atoms with Gasteiger partial charge in [-0.25, -0.2) is 4.39 Å². The molecular weight excluding hydrogens is 227 g/mol. The molecule has 2 heterocycles. The second-order valence-corrected chi connectivity index (χ2v) is 5.66. The number of nitrogens with zero attached hydrogens (tertiary/aromatic N) is 2. The first-order valence-corrected chi connectivity index (χ1v) is 6.95. The molecule has 0 N–H and O–H groups in total. The fourth-order valence-corrected chi connectivity index (χ4v) is 3.31. The Kier molecular flexibility index (Phi) is 3.35. The quantitative estimate of drug-likeness (QED) is 0.793. The maximum Gasteiger partial charge on any atom is 0.127 e. The summed E-state index contributed by atoms with van der Waals surface area (Å²) in [5.74, 6) is -0.0708. The maximum atomic E-state index is 13.7. The van der Waals surface area contributed by atoms with Gasteiger partial charge in [0.25, 0.3) is 0 Å². The van der Waals surface area contributed by atoms with E-state index in [9.17, 15) is 4.39 Å². The van der Waals surface area contributed by atoms with E-state index in [0.29, 0.717) is 12.1 Å². The van der Waals surface area contributed by atoms with Crippen LogP contribution in [0.15, 0.2) is 24.3 Å². The number of fused-ring (bicyclic) bond motifs is 1. The van der Waals surface area contributed by atoms with Crippen LogP contribution in [-0.2, 0) is 6.54 Å². The van der Waals surface area contributed by atoms with Crippen LogP contribution in [0, 0.1) is 5.82 Å². The highest BCUT2D eigenvalue weighted by Gasteiger charge is 2.34. The molecule has 0 unspecified atom stereocenters. The minimum absolute atomic E-state index is 0.0708. The molecule has 18 heavy (non-hydrogen) atoms. The van der Waals surface area contributed by atoms with E-state index >= 15 is 0 Å². The van der Waals surface area contributed by atoms with E-state index in [1.165, 1.54) is 19.4 Å². The van der Waals surface area contributed by atoms with Gasteiger partial charge >= 0.3 is 0 Å². The zero-order valence-corrected chi connectivity index (χ0v) is 11.0. The lowest BCUT2D eigenvalue weighted by molar-refractivity contribution is 0.0533. The lowest BCUT2D eigenvalue weighted by Crippen LogP contribution is -2.54. The lowest BCUT2D eigenvalue weighted by Gasteiger charge is -2.42. The summed E-state index contributed by atoms with van der Waals surface area (Å²) < 4.78 is 13.7. The molecule has 2 aliphatic rings. The van der Waals surface area contributed by atoms with Crippen molar-refractivity contribution in [2.75, 3.05) is 19.6 Å². The van der Waals surface area contributed by atoms with Gasteiger partial charge in [0.05, 0.1) is 0 Å². The van der Waals surface area contributed by atoms with Crippen LogP contribution < -0.4 is 0 Å². The Hall–Kier alpha value is -0.930. The van der Waals surface area contributed by atoms with Gasteiger partial charge in [0.1, 0.15) is 5.82 Å². The third kappa shape index (κ3) is 2.29. The predicted molar refractivity (Wildman–Crippen MR) is 70.9 cm³/mol. The first-order chi connectivity index (χ1) is 8.74. The molecular formula is C15H21FN2. The monoisotopic (exact) mass is 248 g/mol. The average molecular weight is 248 g/mol. The molecule has 2 nitrogen and oxygen atoms in total. The third-order valence-electron chi connectivity index (χ3n) is 4.40. The molecule has 2 saturated heterocycles. The largest absolute Gasteiger partial charge is 0.298 e. The molecule has 2 atom stereocenters. The van der Waals surface area contributed by atoms with Crippen LogP contribution in [0.4, 0.5) is 4.39 Å². The van der Waals surface area contributed by atoms with E-state index in [-0.39, 0.29) is 5.82 Å². The second-order valence-electron chi connectivity index (χ2n) is 5.66. The molecule has 1 aromatic rings. The van der Waals surface area contributed by atoms with Crippen molar-refractivity contribution in [2.45, 2.75) is 38.4 Å². The number of piperazine rings is 1. The topological polar surface area (TPSA) is 6.48 Å². The molecule has 0 saturated carbocycles. The van der Waals surface area contributed by atoms with Crippen molar-refractivity contribution in [1.29, 1.82) is 0 Å². The van der Waals surface area contributed by atoms with E-state index in [1.807, 2.05) is 12.1 Å². The van der Waals surface area contributed by atoms with Gasteiger partial charge in [0, 0.05) is 37.3 Å². The van der Waals surface area contributed by atoms with Crippen LogP contribution in [0.2, 0.25) is 0 Å². The van der Waals surface area contributed by atoms with Crippen LogP contribution in [0.3, 0.4) is 0 Å². The minimum atomic E-state index is -0.0708. The number of hydrogen-bond donors (Lipinski definition) is 0. The maximum absolute atomic E-state index is 13.7. The first kappa shape index (κ1) is 12.1. The zero-order chi connectivity index (χ0) is 12.5. The molecule has 3 heteroatoms. The predicted octanol–water partition coefficient (Wildman–Crippen LogP) is 2.49. The summed E-state index contributed by atoms with van der Waals surface area (Å²) in [5, 5.41) is 0. The molecule has 0 bridgehead atoms. The minimum Gasteiger partial charge on any atom is -0.298 e. The summed E-state index contributed by atoms with van der Waals surface area (Å²) in [6.45, 7) is 6.49. The van der Waals surface area contributed by atoms with Gasteiger partial charge in [0.2, 0.25) is 0 Å². The Morgan fingerprint density at radius 2 is 2.11 bits per heavy atom. The van der Waals surface area contributed by atoms with Crippen LogP contribution in [0.1, 0.15) is 25.3 Å². The summed E-state index contributed by atoms with van der Waals surface area (Å²) in [6.07, 6.45) is 2.63. The Labute approximate surface area is 108 Å². The number of benzene rings is 1. The SMILES string of the molecule is C[C@@H]1CN2CCC[C@@H]2CN1Cc1ccccc1F. The summed E-state index contributed by atoms with van der Waals surface area (Å²) in [7, 11) is 0. The number of hydrogen-bond acceptors (Lipinski definition) is 2. The second kappa shape index (κ2) is 4.98. The Morgan fingerprint density at radius 1 is 1.28 bits per heavy atom. The number of rotatable bonds is 2. The van der Waals surface area contributed by atoms with Gasteiger partial charge < -0.3 is 0 Å². The standard InChI is InChI=1S/C15H21FN2/c1-12-9-17-8-4-6-14(17)11-18(12)10-13-5-2-3-7-15(13)16/h2-3,5,7,12,14H,4,6,8-11H2,1H3/t12-,14-/m1/s1. The summed E-state index contributed by atoms with van der Waals surface area (Å²) in [6, 6.07) is 8.38. The molecule has 2 fully saturated rings. The molecule has 0 amide bonds.